The third-order valence-corrected chi connectivity index (χ3v) is 9.32. The number of rotatable bonds is 5. The van der Waals surface area contributed by atoms with Gasteiger partial charge in [-0.2, -0.15) is 0 Å². The fourth-order valence-corrected chi connectivity index (χ4v) is 7.52. The summed E-state index contributed by atoms with van der Waals surface area (Å²) in [6.45, 7) is 5.98. The predicted molar refractivity (Wildman–Crippen MR) is 182 cm³/mol. The van der Waals surface area contributed by atoms with Gasteiger partial charge in [0.05, 0.1) is 0 Å². The van der Waals surface area contributed by atoms with Gasteiger partial charge in [-0.05, 0) is 97.6 Å². The predicted octanol–water partition coefficient (Wildman–Crippen LogP) is 10.7. The summed E-state index contributed by atoms with van der Waals surface area (Å²) in [5.41, 5.74) is 12.0. The van der Waals surface area contributed by atoms with Crippen LogP contribution < -0.4 is 5.73 Å². The Hall–Kier alpha value is -4.99. The lowest BCUT2D eigenvalue weighted by atomic mass is 9.87. The van der Waals surface area contributed by atoms with Crippen molar-refractivity contribution in [2.24, 2.45) is 5.73 Å². The highest BCUT2D eigenvalue weighted by Gasteiger charge is 2.19. The lowest BCUT2D eigenvalue weighted by Gasteiger charge is -2.16. The third kappa shape index (κ3) is 3.81. The fraction of sp³-hybridized carbons (Fsp3) is 0.0263. The molecule has 0 spiro atoms. The monoisotopic (exact) mass is 544 g/mol. The van der Waals surface area contributed by atoms with Crippen LogP contribution in [0.3, 0.4) is 0 Å². The van der Waals surface area contributed by atoms with Crippen LogP contribution in [0.4, 0.5) is 0 Å². The van der Waals surface area contributed by atoms with Crippen molar-refractivity contribution in [2.75, 3.05) is 0 Å². The molecule has 0 amide bonds. The summed E-state index contributed by atoms with van der Waals surface area (Å²) in [6.07, 6.45) is 6.78. The molecule has 0 saturated heterocycles. The second kappa shape index (κ2) is 9.88. The quantitative estimate of drug-likeness (QED) is 0.126. The molecule has 2 nitrogen and oxygen atoms in total. The van der Waals surface area contributed by atoms with E-state index in [0.717, 1.165) is 27.8 Å². The summed E-state index contributed by atoms with van der Waals surface area (Å²) in [5, 5.41) is 18.2. The highest BCUT2D eigenvalue weighted by Crippen LogP contribution is 2.48. The zero-order valence-corrected chi connectivity index (χ0v) is 23.6. The van der Waals surface area contributed by atoms with E-state index < -0.39 is 0 Å². The third-order valence-electron chi connectivity index (χ3n) is 8.13. The molecule has 0 atom stereocenters. The topological polar surface area (TPSA) is 49.9 Å². The average Bonchev–Trinajstić information content (AvgIpc) is 3.41. The molecule has 0 aliphatic heterocycles. The van der Waals surface area contributed by atoms with Crippen LogP contribution in [-0.2, 0) is 0 Å². The Morgan fingerprint density at radius 3 is 1.93 bits per heavy atom. The van der Waals surface area contributed by atoms with Crippen LogP contribution in [0.15, 0.2) is 122 Å². The van der Waals surface area contributed by atoms with Gasteiger partial charge in [0.2, 0.25) is 0 Å². The Balaban J connectivity index is 1.73. The minimum Gasteiger partial charge on any atom is -0.404 e. The number of hydrogen-bond donors (Lipinski definition) is 2. The maximum absolute atomic E-state index is 8.08. The maximum atomic E-state index is 8.08. The molecule has 196 valence electrons. The summed E-state index contributed by atoms with van der Waals surface area (Å²) in [7, 11) is 0. The molecule has 0 aliphatic carbocycles. The first-order valence-electron chi connectivity index (χ1n) is 13.7. The molecule has 0 saturated carbocycles. The van der Waals surface area contributed by atoms with E-state index >= 15 is 0 Å². The molecule has 7 rings (SSSR count). The van der Waals surface area contributed by atoms with E-state index in [-0.39, 0.29) is 0 Å². The van der Waals surface area contributed by atoms with Crippen LogP contribution in [0.2, 0.25) is 0 Å². The van der Waals surface area contributed by atoms with Crippen molar-refractivity contribution in [3.05, 3.63) is 133 Å². The Kier molecular flexibility index (Phi) is 6.03. The van der Waals surface area contributed by atoms with Crippen molar-refractivity contribution in [1.29, 1.82) is 5.41 Å². The molecular formula is C38H28N2S. The number of thiophene rings is 1. The van der Waals surface area contributed by atoms with Crippen LogP contribution in [0.5, 0.6) is 0 Å². The van der Waals surface area contributed by atoms with Crippen LogP contribution in [0.1, 0.15) is 18.1 Å². The van der Waals surface area contributed by atoms with Crippen molar-refractivity contribution in [2.45, 2.75) is 6.92 Å². The second-order valence-electron chi connectivity index (χ2n) is 10.3. The molecule has 0 fully saturated rings. The lowest BCUT2D eigenvalue weighted by molar-refractivity contribution is 1.52. The molecule has 7 aromatic rings. The van der Waals surface area contributed by atoms with Gasteiger partial charge in [0.15, 0.2) is 0 Å². The van der Waals surface area contributed by atoms with Crippen molar-refractivity contribution in [3.63, 3.8) is 0 Å². The first kappa shape index (κ1) is 25.0. The Bertz CT molecular complexity index is 2220. The van der Waals surface area contributed by atoms with Crippen molar-refractivity contribution < 1.29 is 0 Å². The minimum absolute atomic E-state index is 0.859. The molecule has 0 unspecified atom stereocenters. The number of allylic oxidation sites excluding steroid dienone is 4. The van der Waals surface area contributed by atoms with Gasteiger partial charge >= 0.3 is 0 Å². The molecule has 3 heteroatoms. The zero-order chi connectivity index (χ0) is 28.1. The molecule has 3 N–H and O–H groups in total. The van der Waals surface area contributed by atoms with Crippen molar-refractivity contribution in [3.8, 4) is 11.1 Å². The average molecular weight is 545 g/mol. The highest BCUT2D eigenvalue weighted by atomic mass is 32.1. The standard InChI is InChI=1S/C38H28N2S/c1-3-23(21-39)25-17-26(24(4-2)22-40)19-27(18-25)33-20-34-30-13-6-5-11-28(30)29-12-7-8-14-31(29)36(34)38-37(33)32-15-9-10-16-35(32)41-38/h3-22,40H,1,39H2,2H3/b23-21+,24-4+,40-22?. The normalized spacial score (nSPS) is 12.6. The highest BCUT2D eigenvalue weighted by molar-refractivity contribution is 7.27. The smallest absolute Gasteiger partial charge is 0.0446 e. The van der Waals surface area contributed by atoms with Gasteiger partial charge in [0.1, 0.15) is 0 Å². The van der Waals surface area contributed by atoms with Gasteiger partial charge in [0, 0.05) is 38.0 Å². The number of nitrogens with two attached hydrogens (primary N) is 1. The number of hydrogen-bond acceptors (Lipinski definition) is 3. The van der Waals surface area contributed by atoms with Crippen LogP contribution in [0.25, 0.3) is 74.8 Å². The lowest BCUT2D eigenvalue weighted by Crippen LogP contribution is -1.94. The molecule has 1 heterocycles. The molecular weight excluding hydrogens is 516 g/mol. The van der Waals surface area contributed by atoms with E-state index in [1.807, 2.05) is 24.3 Å². The molecule has 0 radical (unpaired) electrons. The van der Waals surface area contributed by atoms with Gasteiger partial charge < -0.3 is 11.1 Å². The summed E-state index contributed by atoms with van der Waals surface area (Å²) in [6, 6.07) is 35.1. The van der Waals surface area contributed by atoms with Gasteiger partial charge in [-0.1, -0.05) is 85.5 Å². The van der Waals surface area contributed by atoms with Gasteiger partial charge in [0.25, 0.3) is 0 Å². The number of nitrogens with one attached hydrogen (secondary N) is 1. The summed E-state index contributed by atoms with van der Waals surface area (Å²) in [4.78, 5) is 0. The van der Waals surface area contributed by atoms with Gasteiger partial charge in [-0.15, -0.1) is 11.3 Å². The molecule has 0 aliphatic rings. The van der Waals surface area contributed by atoms with Gasteiger partial charge in [-0.3, -0.25) is 0 Å². The van der Waals surface area contributed by atoms with Crippen LogP contribution >= 0.6 is 11.3 Å². The minimum atomic E-state index is 0.859. The first-order valence-corrected chi connectivity index (χ1v) is 14.5. The first-order chi connectivity index (χ1) is 20.2. The van der Waals surface area contributed by atoms with Crippen molar-refractivity contribution >= 4 is 81.2 Å². The molecule has 0 bridgehead atoms. The van der Waals surface area contributed by atoms with Gasteiger partial charge in [-0.25, -0.2) is 0 Å². The molecule has 41 heavy (non-hydrogen) atoms. The molecule has 1 aromatic heterocycles. The van der Waals surface area contributed by atoms with Crippen LogP contribution in [-0.4, -0.2) is 6.21 Å². The van der Waals surface area contributed by atoms with E-state index in [4.69, 9.17) is 11.1 Å². The van der Waals surface area contributed by atoms with E-state index in [0.29, 0.717) is 0 Å². The number of fused-ring (bicyclic) bond motifs is 10. The second-order valence-corrected chi connectivity index (χ2v) is 11.3. The van der Waals surface area contributed by atoms with Crippen LogP contribution in [0, 0.1) is 5.41 Å². The SMILES string of the molecule is C=C/C(=C\N)c1cc(/C(C=N)=C/C)cc(-c2cc3c4ccccc4c4ccccc4c3c3sc4ccccc4c23)c1. The van der Waals surface area contributed by atoms with E-state index in [2.05, 4.69) is 104 Å². The fourth-order valence-electron chi connectivity index (χ4n) is 6.23. The summed E-state index contributed by atoms with van der Waals surface area (Å²) >= 11 is 1.87. The number of benzene rings is 6. The van der Waals surface area contributed by atoms with E-state index in [1.165, 1.54) is 64.3 Å². The Morgan fingerprint density at radius 2 is 1.29 bits per heavy atom. The Morgan fingerprint density at radius 1 is 0.707 bits per heavy atom. The zero-order valence-electron chi connectivity index (χ0n) is 22.7. The summed E-state index contributed by atoms with van der Waals surface area (Å²) < 4.78 is 2.57. The van der Waals surface area contributed by atoms with E-state index in [1.54, 1.807) is 12.3 Å². The maximum Gasteiger partial charge on any atom is 0.0446 e. The largest absolute Gasteiger partial charge is 0.404 e. The Labute approximate surface area is 242 Å². The molecule has 6 aromatic carbocycles. The summed E-state index contributed by atoms with van der Waals surface area (Å²) in [5.74, 6) is 0. The van der Waals surface area contributed by atoms with E-state index in [9.17, 15) is 0 Å². The van der Waals surface area contributed by atoms with Crippen molar-refractivity contribution in [1.82, 2.24) is 0 Å².